The molecule has 0 unspecified atom stereocenters. The molecule has 1 aliphatic heterocycles. The van der Waals surface area contributed by atoms with Crippen LogP contribution in [0.15, 0.2) is 24.3 Å². The van der Waals surface area contributed by atoms with Crippen molar-refractivity contribution in [1.29, 1.82) is 0 Å². The molecule has 0 radical (unpaired) electrons. The second-order valence-corrected chi connectivity index (χ2v) is 5.00. The Labute approximate surface area is 90.6 Å². The molecule has 0 atom stereocenters. The molecule has 0 bridgehead atoms. The molecule has 80 valence electrons. The topological polar surface area (TPSA) is 21.3 Å². The van der Waals surface area contributed by atoms with Crippen molar-refractivity contribution in [2.75, 3.05) is 13.1 Å². The Kier molecular flexibility index (Phi) is 1.99. The third-order valence-electron chi connectivity index (χ3n) is 3.27. The molecule has 1 N–H and O–H groups in total. The third-order valence-corrected chi connectivity index (χ3v) is 3.27. The van der Waals surface area contributed by atoms with Crippen LogP contribution >= 0.6 is 0 Å². The lowest BCUT2D eigenvalue weighted by Crippen LogP contribution is -2.61. The normalized spacial score (nSPS) is 23.3. The fourth-order valence-corrected chi connectivity index (χ4v) is 2.08. The average molecular weight is 203 g/mol. The van der Waals surface area contributed by atoms with Crippen molar-refractivity contribution in [3.63, 3.8) is 0 Å². The first-order valence-corrected chi connectivity index (χ1v) is 5.75. The highest BCUT2D eigenvalue weighted by atomic mass is 16.5. The summed E-state index contributed by atoms with van der Waals surface area (Å²) in [7, 11) is 0. The number of ether oxygens (including phenoxy) is 1. The van der Waals surface area contributed by atoms with Crippen molar-refractivity contribution in [1.82, 2.24) is 5.32 Å². The standard InChI is InChI=1S/C13H17NO/c1-13(8-14-9-13)15-12-4-2-3-11(7-12)10-5-6-10/h2-4,7,10,14H,5-6,8-9H2,1H3. The summed E-state index contributed by atoms with van der Waals surface area (Å²) in [6, 6.07) is 8.60. The number of hydrogen-bond acceptors (Lipinski definition) is 2. The second kappa shape index (κ2) is 3.24. The minimum Gasteiger partial charge on any atom is -0.485 e. The molecule has 1 saturated heterocycles. The molecule has 2 nitrogen and oxygen atoms in total. The minimum atomic E-state index is 0.0160. The summed E-state index contributed by atoms with van der Waals surface area (Å²) in [4.78, 5) is 0. The van der Waals surface area contributed by atoms with E-state index < -0.39 is 0 Å². The number of benzene rings is 1. The fraction of sp³-hybridized carbons (Fsp3) is 0.538. The van der Waals surface area contributed by atoms with Crippen LogP contribution in [0, 0.1) is 0 Å². The first-order chi connectivity index (χ1) is 7.25. The van der Waals surface area contributed by atoms with Gasteiger partial charge in [0.2, 0.25) is 0 Å². The highest BCUT2D eigenvalue weighted by Gasteiger charge is 2.34. The second-order valence-electron chi connectivity index (χ2n) is 5.00. The summed E-state index contributed by atoms with van der Waals surface area (Å²) in [6.07, 6.45) is 2.70. The lowest BCUT2D eigenvalue weighted by atomic mass is 10.00. The Morgan fingerprint density at radius 3 is 2.73 bits per heavy atom. The zero-order valence-corrected chi connectivity index (χ0v) is 9.12. The number of nitrogens with one attached hydrogen (secondary N) is 1. The van der Waals surface area contributed by atoms with Gasteiger partial charge in [0, 0.05) is 13.1 Å². The van der Waals surface area contributed by atoms with Gasteiger partial charge >= 0.3 is 0 Å². The lowest BCUT2D eigenvalue weighted by Gasteiger charge is -2.39. The van der Waals surface area contributed by atoms with Gasteiger partial charge in [0.15, 0.2) is 0 Å². The SMILES string of the molecule is CC1(Oc2cccc(C3CC3)c2)CNC1. The van der Waals surface area contributed by atoms with Crippen LogP contribution in [0.3, 0.4) is 0 Å². The average Bonchev–Trinajstić information content (AvgIpc) is 2.99. The fourth-order valence-electron chi connectivity index (χ4n) is 2.08. The molecule has 2 heteroatoms. The summed E-state index contributed by atoms with van der Waals surface area (Å²) in [6.45, 7) is 4.08. The van der Waals surface area contributed by atoms with Gasteiger partial charge in [0.05, 0.1) is 0 Å². The molecule has 0 amide bonds. The molecule has 0 spiro atoms. The van der Waals surface area contributed by atoms with Crippen molar-refractivity contribution in [3.8, 4) is 5.75 Å². The van der Waals surface area contributed by atoms with Crippen LogP contribution in [0.2, 0.25) is 0 Å². The summed E-state index contributed by atoms with van der Waals surface area (Å²) in [5.74, 6) is 1.84. The molecule has 1 aromatic rings. The van der Waals surface area contributed by atoms with E-state index in [9.17, 15) is 0 Å². The summed E-state index contributed by atoms with van der Waals surface area (Å²) < 4.78 is 5.99. The van der Waals surface area contributed by atoms with E-state index in [1.54, 1.807) is 0 Å². The summed E-state index contributed by atoms with van der Waals surface area (Å²) in [5, 5.41) is 3.25. The smallest absolute Gasteiger partial charge is 0.131 e. The van der Waals surface area contributed by atoms with Gasteiger partial charge in [-0.3, -0.25) is 0 Å². The Morgan fingerprint density at radius 2 is 2.13 bits per heavy atom. The molecular weight excluding hydrogens is 186 g/mol. The first kappa shape index (κ1) is 9.22. The van der Waals surface area contributed by atoms with Gasteiger partial charge in [0.25, 0.3) is 0 Å². The van der Waals surface area contributed by atoms with Gasteiger partial charge < -0.3 is 10.1 Å². The predicted molar refractivity (Wildman–Crippen MR) is 60.3 cm³/mol. The molecule has 1 aromatic carbocycles. The van der Waals surface area contributed by atoms with E-state index in [1.807, 2.05) is 0 Å². The third kappa shape index (κ3) is 1.86. The van der Waals surface area contributed by atoms with Crippen molar-refractivity contribution < 1.29 is 4.74 Å². The number of rotatable bonds is 3. The van der Waals surface area contributed by atoms with Crippen LogP contribution in [0.4, 0.5) is 0 Å². The van der Waals surface area contributed by atoms with Crippen molar-refractivity contribution in [3.05, 3.63) is 29.8 Å². The molecule has 0 aromatic heterocycles. The van der Waals surface area contributed by atoms with Crippen molar-refractivity contribution >= 4 is 0 Å². The Balaban J connectivity index is 1.76. The van der Waals surface area contributed by atoms with Gasteiger partial charge in [-0.25, -0.2) is 0 Å². The Bertz CT molecular complexity index is 367. The maximum atomic E-state index is 5.99. The van der Waals surface area contributed by atoms with Gasteiger partial charge in [-0.1, -0.05) is 12.1 Å². The van der Waals surface area contributed by atoms with E-state index in [1.165, 1.54) is 18.4 Å². The highest BCUT2D eigenvalue weighted by molar-refractivity contribution is 5.33. The number of hydrogen-bond donors (Lipinski definition) is 1. The lowest BCUT2D eigenvalue weighted by molar-refractivity contribution is 0.0348. The molecule has 2 aliphatic rings. The van der Waals surface area contributed by atoms with E-state index in [0.717, 1.165) is 24.8 Å². The first-order valence-electron chi connectivity index (χ1n) is 5.75. The predicted octanol–water partition coefficient (Wildman–Crippen LogP) is 2.30. The maximum absolute atomic E-state index is 5.99. The van der Waals surface area contributed by atoms with Gasteiger partial charge in [-0.2, -0.15) is 0 Å². The van der Waals surface area contributed by atoms with Crippen LogP contribution in [0.5, 0.6) is 5.75 Å². The van der Waals surface area contributed by atoms with Gasteiger partial charge in [-0.15, -0.1) is 0 Å². The summed E-state index contributed by atoms with van der Waals surface area (Å²) in [5.41, 5.74) is 1.46. The largest absolute Gasteiger partial charge is 0.485 e. The van der Waals surface area contributed by atoms with Crippen LogP contribution in [-0.4, -0.2) is 18.7 Å². The van der Waals surface area contributed by atoms with Crippen molar-refractivity contribution in [2.45, 2.75) is 31.3 Å². The van der Waals surface area contributed by atoms with Crippen molar-refractivity contribution in [2.24, 2.45) is 0 Å². The molecule has 3 rings (SSSR count). The molecule has 1 heterocycles. The van der Waals surface area contributed by atoms with E-state index >= 15 is 0 Å². The highest BCUT2D eigenvalue weighted by Crippen LogP contribution is 2.41. The van der Waals surface area contributed by atoms with E-state index in [4.69, 9.17) is 4.74 Å². The molecule has 2 fully saturated rings. The van der Waals surface area contributed by atoms with E-state index in [-0.39, 0.29) is 5.60 Å². The zero-order chi connectivity index (χ0) is 10.3. The molecule has 15 heavy (non-hydrogen) atoms. The summed E-state index contributed by atoms with van der Waals surface area (Å²) >= 11 is 0. The van der Waals surface area contributed by atoms with Crippen LogP contribution in [0.25, 0.3) is 0 Å². The molecule has 1 saturated carbocycles. The Hall–Kier alpha value is -1.02. The maximum Gasteiger partial charge on any atom is 0.131 e. The van der Waals surface area contributed by atoms with Crippen LogP contribution < -0.4 is 10.1 Å². The monoisotopic (exact) mass is 203 g/mol. The Morgan fingerprint density at radius 1 is 1.33 bits per heavy atom. The quantitative estimate of drug-likeness (QED) is 0.814. The van der Waals surface area contributed by atoms with E-state index in [2.05, 4.69) is 36.5 Å². The van der Waals surface area contributed by atoms with Crippen LogP contribution in [-0.2, 0) is 0 Å². The van der Waals surface area contributed by atoms with E-state index in [0.29, 0.717) is 0 Å². The van der Waals surface area contributed by atoms with Crippen LogP contribution in [0.1, 0.15) is 31.2 Å². The van der Waals surface area contributed by atoms with Gasteiger partial charge in [-0.05, 0) is 43.4 Å². The minimum absolute atomic E-state index is 0.0160. The van der Waals surface area contributed by atoms with Gasteiger partial charge in [0.1, 0.15) is 11.4 Å². The molecule has 1 aliphatic carbocycles. The zero-order valence-electron chi connectivity index (χ0n) is 9.12. The molecular formula is C13H17NO.